The van der Waals surface area contributed by atoms with Gasteiger partial charge in [0.2, 0.25) is 5.91 Å². The minimum atomic E-state index is -0.471. The number of benzene rings is 1. The summed E-state index contributed by atoms with van der Waals surface area (Å²) in [5.74, 6) is -0.245. The molecule has 1 aromatic carbocycles. The molecule has 1 saturated heterocycles. The number of nitrogens with zero attached hydrogens (tertiary/aromatic N) is 2. The summed E-state index contributed by atoms with van der Waals surface area (Å²) in [7, 11) is 0. The Kier molecular flexibility index (Phi) is 2.81. The van der Waals surface area contributed by atoms with Crippen LogP contribution in [0.1, 0.15) is 6.92 Å². The number of rotatable bonds is 3. The van der Waals surface area contributed by atoms with Gasteiger partial charge in [0.25, 0.3) is 0 Å². The van der Waals surface area contributed by atoms with Crippen molar-refractivity contribution in [2.45, 2.75) is 23.4 Å². The van der Waals surface area contributed by atoms with Crippen LogP contribution in [-0.2, 0) is 4.79 Å². The molecule has 1 aromatic rings. The van der Waals surface area contributed by atoms with Gasteiger partial charge < -0.3 is 15.7 Å². The number of carbonyl (C=O) groups is 1. The standard InChI is InChI=1S/C16H16N4O2S/c1-15-6-5-10(13(17)22)8-16(15,14-19-18-9-23-14)20(15)11-3-2-4-12(21)7-11/h2-9,14,19,21H,1H3,(H2,17,22). The average Bonchev–Trinajstić information content (AvgIpc) is 2.85. The lowest BCUT2D eigenvalue weighted by atomic mass is 9.86. The molecule has 1 fully saturated rings. The highest BCUT2D eigenvalue weighted by molar-refractivity contribution is 8.12. The van der Waals surface area contributed by atoms with Gasteiger partial charge in [0.15, 0.2) is 0 Å². The van der Waals surface area contributed by atoms with Gasteiger partial charge >= 0.3 is 0 Å². The third-order valence-corrected chi connectivity index (χ3v) is 5.74. The van der Waals surface area contributed by atoms with E-state index in [-0.39, 0.29) is 16.7 Å². The zero-order valence-corrected chi connectivity index (χ0v) is 13.2. The lowest BCUT2D eigenvalue weighted by Crippen LogP contribution is -2.41. The lowest BCUT2D eigenvalue weighted by molar-refractivity contribution is -0.114. The molecule has 4 rings (SSSR count). The van der Waals surface area contributed by atoms with Crippen LogP contribution in [0, 0.1) is 0 Å². The summed E-state index contributed by atoms with van der Waals surface area (Å²) in [6.07, 6.45) is 5.68. The third-order valence-electron chi connectivity index (χ3n) is 4.77. The Morgan fingerprint density at radius 2 is 2.35 bits per heavy atom. The number of nitrogens with two attached hydrogens (primary N) is 1. The van der Waals surface area contributed by atoms with E-state index in [1.165, 1.54) is 0 Å². The van der Waals surface area contributed by atoms with E-state index in [0.717, 1.165) is 5.69 Å². The monoisotopic (exact) mass is 328 g/mol. The van der Waals surface area contributed by atoms with Crippen molar-refractivity contribution in [2.24, 2.45) is 10.8 Å². The molecule has 3 atom stereocenters. The number of amides is 1. The highest BCUT2D eigenvalue weighted by Crippen LogP contribution is 2.62. The van der Waals surface area contributed by atoms with Gasteiger partial charge in [0.05, 0.1) is 11.1 Å². The number of aromatic hydroxyl groups is 1. The Balaban J connectivity index is 1.84. The summed E-state index contributed by atoms with van der Waals surface area (Å²) in [5, 5.41) is 13.9. The van der Waals surface area contributed by atoms with E-state index in [1.807, 2.05) is 18.2 Å². The zero-order chi connectivity index (χ0) is 16.2. The maximum Gasteiger partial charge on any atom is 0.248 e. The quantitative estimate of drug-likeness (QED) is 0.728. The number of hydrogen-bond donors (Lipinski definition) is 3. The molecule has 3 unspecified atom stereocenters. The van der Waals surface area contributed by atoms with E-state index < -0.39 is 11.4 Å². The SMILES string of the molecule is CC12C=CC(C(N)=O)=CC1(C1NN=CS1)N2c1cccc(O)c1. The molecule has 2 heterocycles. The van der Waals surface area contributed by atoms with Crippen molar-refractivity contribution < 1.29 is 9.90 Å². The van der Waals surface area contributed by atoms with Crippen molar-refractivity contribution in [3.05, 3.63) is 48.1 Å². The summed E-state index contributed by atoms with van der Waals surface area (Å²) in [6, 6.07) is 7.10. The number of primary amides is 1. The van der Waals surface area contributed by atoms with Gasteiger partial charge in [-0.05, 0) is 25.1 Å². The first kappa shape index (κ1) is 14.2. The fourth-order valence-electron chi connectivity index (χ4n) is 3.64. The predicted molar refractivity (Wildman–Crippen MR) is 91.1 cm³/mol. The molecular weight excluding hydrogens is 312 g/mol. The number of nitrogens with one attached hydrogen (secondary N) is 1. The summed E-state index contributed by atoms with van der Waals surface area (Å²) in [4.78, 5) is 13.8. The zero-order valence-electron chi connectivity index (χ0n) is 12.4. The smallest absolute Gasteiger partial charge is 0.248 e. The normalized spacial score (nSPS) is 33.9. The van der Waals surface area contributed by atoms with Crippen molar-refractivity contribution in [1.82, 2.24) is 5.43 Å². The van der Waals surface area contributed by atoms with Crippen LogP contribution in [0.4, 0.5) is 5.69 Å². The van der Waals surface area contributed by atoms with Crippen LogP contribution in [-0.4, -0.2) is 33.0 Å². The molecular formula is C16H16N4O2S. The van der Waals surface area contributed by atoms with Crippen LogP contribution in [0.5, 0.6) is 5.75 Å². The number of fused-ring (bicyclic) bond motifs is 1. The Morgan fingerprint density at radius 3 is 3.00 bits per heavy atom. The molecule has 0 radical (unpaired) electrons. The van der Waals surface area contributed by atoms with Gasteiger partial charge in [-0.2, -0.15) is 5.10 Å². The van der Waals surface area contributed by atoms with Gasteiger partial charge in [-0.3, -0.25) is 10.2 Å². The fourth-order valence-corrected chi connectivity index (χ4v) is 4.62. The predicted octanol–water partition coefficient (Wildman–Crippen LogP) is 1.30. The minimum absolute atomic E-state index is 0.0471. The van der Waals surface area contributed by atoms with Gasteiger partial charge in [-0.25, -0.2) is 0 Å². The van der Waals surface area contributed by atoms with E-state index in [4.69, 9.17) is 5.73 Å². The summed E-state index contributed by atoms with van der Waals surface area (Å²) >= 11 is 1.57. The number of anilines is 1. The number of phenolic OH excluding ortho intramolecular Hbond substituents is 1. The topological polar surface area (TPSA) is 90.7 Å². The van der Waals surface area contributed by atoms with Crippen LogP contribution >= 0.6 is 11.8 Å². The number of hydrazone groups is 1. The first-order valence-corrected chi connectivity index (χ1v) is 8.17. The van der Waals surface area contributed by atoms with Crippen molar-refractivity contribution in [3.8, 4) is 5.75 Å². The maximum atomic E-state index is 11.7. The van der Waals surface area contributed by atoms with Gasteiger partial charge in [0.1, 0.15) is 16.7 Å². The second-order valence-corrected chi connectivity index (χ2v) is 6.96. The maximum absolute atomic E-state index is 11.7. The molecule has 2 aliphatic heterocycles. The molecule has 1 aliphatic carbocycles. The van der Waals surface area contributed by atoms with Gasteiger partial charge in [-0.15, -0.1) is 0 Å². The molecule has 23 heavy (non-hydrogen) atoms. The van der Waals surface area contributed by atoms with Gasteiger partial charge in [0, 0.05) is 17.3 Å². The minimum Gasteiger partial charge on any atom is -0.508 e. The van der Waals surface area contributed by atoms with Crippen LogP contribution in [0.3, 0.4) is 0 Å². The number of thioether (sulfide) groups is 1. The van der Waals surface area contributed by atoms with Gasteiger partial charge in [-0.1, -0.05) is 30.0 Å². The molecule has 0 saturated carbocycles. The number of carbonyl (C=O) groups excluding carboxylic acids is 1. The Labute approximate surface area is 137 Å². The Morgan fingerprint density at radius 1 is 1.52 bits per heavy atom. The van der Waals surface area contributed by atoms with E-state index in [2.05, 4.69) is 22.4 Å². The molecule has 7 heteroatoms. The van der Waals surface area contributed by atoms with Crippen LogP contribution in [0.2, 0.25) is 0 Å². The van der Waals surface area contributed by atoms with E-state index >= 15 is 0 Å². The Bertz CT molecular complexity index is 782. The molecule has 3 aliphatic rings. The van der Waals surface area contributed by atoms with E-state index in [0.29, 0.717) is 5.57 Å². The van der Waals surface area contributed by atoms with Crippen molar-refractivity contribution in [1.29, 1.82) is 0 Å². The average molecular weight is 328 g/mol. The van der Waals surface area contributed by atoms with Crippen LogP contribution < -0.4 is 16.1 Å². The van der Waals surface area contributed by atoms with Crippen LogP contribution in [0.15, 0.2) is 53.2 Å². The number of phenols is 1. The second kappa shape index (κ2) is 4.55. The first-order chi connectivity index (χ1) is 11.0. The highest BCUT2D eigenvalue weighted by atomic mass is 32.2. The first-order valence-electron chi connectivity index (χ1n) is 7.23. The summed E-state index contributed by atoms with van der Waals surface area (Å²) in [5.41, 5.74) is 10.9. The van der Waals surface area contributed by atoms with Crippen molar-refractivity contribution in [2.75, 3.05) is 4.90 Å². The Hall–Kier alpha value is -2.41. The molecule has 1 amide bonds. The molecule has 0 aromatic heterocycles. The van der Waals surface area contributed by atoms with E-state index in [9.17, 15) is 9.90 Å². The summed E-state index contributed by atoms with van der Waals surface area (Å²) < 4.78 is 0. The third kappa shape index (κ3) is 1.77. The highest BCUT2D eigenvalue weighted by Gasteiger charge is 2.75. The van der Waals surface area contributed by atoms with Crippen LogP contribution in [0.25, 0.3) is 0 Å². The fraction of sp³-hybridized carbons (Fsp3) is 0.250. The molecule has 6 nitrogen and oxygen atoms in total. The number of hydrogen-bond acceptors (Lipinski definition) is 6. The van der Waals surface area contributed by atoms with E-state index in [1.54, 1.807) is 41.6 Å². The van der Waals surface area contributed by atoms with Crippen molar-refractivity contribution >= 4 is 28.9 Å². The lowest BCUT2D eigenvalue weighted by Gasteiger charge is -2.23. The second-order valence-electron chi connectivity index (χ2n) is 6.01. The molecule has 0 spiro atoms. The molecule has 4 N–H and O–H groups in total. The molecule has 118 valence electrons. The molecule has 0 bridgehead atoms. The largest absolute Gasteiger partial charge is 0.508 e. The van der Waals surface area contributed by atoms with Crippen molar-refractivity contribution in [3.63, 3.8) is 0 Å². The summed E-state index contributed by atoms with van der Waals surface area (Å²) in [6.45, 7) is 2.10.